The molecule has 0 bridgehead atoms. The van der Waals surface area contributed by atoms with E-state index < -0.39 is 0 Å². The van der Waals surface area contributed by atoms with E-state index in [1.54, 1.807) is 0 Å². The van der Waals surface area contributed by atoms with Gasteiger partial charge in [0.15, 0.2) is 0 Å². The van der Waals surface area contributed by atoms with Crippen LogP contribution in [0.2, 0.25) is 0 Å². The Morgan fingerprint density at radius 2 is 2.06 bits per heavy atom. The Labute approximate surface area is 95.4 Å². The van der Waals surface area contributed by atoms with Crippen molar-refractivity contribution in [1.29, 1.82) is 0 Å². The van der Waals surface area contributed by atoms with E-state index in [1.807, 2.05) is 38.1 Å². The molecule has 1 aromatic rings. The van der Waals surface area contributed by atoms with Gasteiger partial charge in [-0.2, -0.15) is 0 Å². The highest BCUT2D eigenvalue weighted by atomic mass is 16.5. The SMILES string of the molecule is CCOC(=O)C[C@@H]1O[C@H](C)c2ccccc21. The molecule has 0 unspecified atom stereocenters. The van der Waals surface area contributed by atoms with Crippen molar-refractivity contribution in [2.45, 2.75) is 32.5 Å². The maximum atomic E-state index is 11.4. The maximum absolute atomic E-state index is 11.4. The van der Waals surface area contributed by atoms with E-state index in [0.29, 0.717) is 13.0 Å². The fourth-order valence-electron chi connectivity index (χ4n) is 2.10. The van der Waals surface area contributed by atoms with Gasteiger partial charge in [-0.05, 0) is 25.0 Å². The quantitative estimate of drug-likeness (QED) is 0.735. The van der Waals surface area contributed by atoms with Crippen LogP contribution in [-0.4, -0.2) is 12.6 Å². The van der Waals surface area contributed by atoms with Crippen LogP contribution in [0.25, 0.3) is 0 Å². The van der Waals surface area contributed by atoms with Gasteiger partial charge in [0.05, 0.1) is 25.2 Å². The molecule has 0 saturated carbocycles. The molecule has 1 heterocycles. The molecule has 86 valence electrons. The summed E-state index contributed by atoms with van der Waals surface area (Å²) >= 11 is 0. The molecule has 0 amide bonds. The number of hydrogen-bond acceptors (Lipinski definition) is 3. The minimum atomic E-state index is -0.198. The molecule has 3 heteroatoms. The van der Waals surface area contributed by atoms with Gasteiger partial charge in [0.1, 0.15) is 0 Å². The predicted molar refractivity (Wildman–Crippen MR) is 59.9 cm³/mol. The Bertz CT molecular complexity index is 387. The van der Waals surface area contributed by atoms with Crippen molar-refractivity contribution in [3.8, 4) is 0 Å². The summed E-state index contributed by atoms with van der Waals surface area (Å²) in [6.07, 6.45) is 0.218. The normalized spacial score (nSPS) is 22.9. The molecule has 1 aromatic carbocycles. The van der Waals surface area contributed by atoms with Crippen LogP contribution in [0.15, 0.2) is 24.3 Å². The molecule has 0 saturated heterocycles. The van der Waals surface area contributed by atoms with Gasteiger partial charge >= 0.3 is 5.97 Å². The molecule has 0 aromatic heterocycles. The van der Waals surface area contributed by atoms with Gasteiger partial charge < -0.3 is 9.47 Å². The Morgan fingerprint density at radius 1 is 1.38 bits per heavy atom. The van der Waals surface area contributed by atoms with Crippen molar-refractivity contribution in [3.05, 3.63) is 35.4 Å². The summed E-state index contributed by atoms with van der Waals surface area (Å²) < 4.78 is 10.7. The van der Waals surface area contributed by atoms with E-state index in [1.165, 1.54) is 5.56 Å². The minimum Gasteiger partial charge on any atom is -0.466 e. The summed E-state index contributed by atoms with van der Waals surface area (Å²) in [7, 11) is 0. The van der Waals surface area contributed by atoms with E-state index >= 15 is 0 Å². The largest absolute Gasteiger partial charge is 0.466 e. The second-order valence-electron chi connectivity index (χ2n) is 3.91. The summed E-state index contributed by atoms with van der Waals surface area (Å²) in [4.78, 5) is 11.4. The fraction of sp³-hybridized carbons (Fsp3) is 0.462. The molecular formula is C13H16O3. The number of benzene rings is 1. The standard InChI is InChI=1S/C13H16O3/c1-3-15-13(14)8-12-11-7-5-4-6-10(11)9(2)16-12/h4-7,9,12H,3,8H2,1-2H3/t9-,12+/m1/s1. The third-order valence-corrected chi connectivity index (χ3v) is 2.81. The minimum absolute atomic E-state index is 0.0654. The Balaban J connectivity index is 2.12. The lowest BCUT2D eigenvalue weighted by Gasteiger charge is -2.11. The Hall–Kier alpha value is -1.35. The first-order valence-electron chi connectivity index (χ1n) is 5.62. The van der Waals surface area contributed by atoms with Gasteiger partial charge in [-0.1, -0.05) is 24.3 Å². The van der Waals surface area contributed by atoms with Crippen LogP contribution in [0.1, 0.15) is 43.6 Å². The van der Waals surface area contributed by atoms with Crippen LogP contribution >= 0.6 is 0 Å². The first-order valence-corrected chi connectivity index (χ1v) is 5.62. The van der Waals surface area contributed by atoms with Crippen LogP contribution in [-0.2, 0) is 14.3 Å². The van der Waals surface area contributed by atoms with Crippen molar-refractivity contribution in [1.82, 2.24) is 0 Å². The lowest BCUT2D eigenvalue weighted by Crippen LogP contribution is -2.09. The molecule has 0 radical (unpaired) electrons. The fourth-order valence-corrected chi connectivity index (χ4v) is 2.10. The number of carbonyl (C=O) groups is 1. The topological polar surface area (TPSA) is 35.5 Å². The van der Waals surface area contributed by atoms with E-state index in [9.17, 15) is 4.79 Å². The molecule has 1 aliphatic heterocycles. The van der Waals surface area contributed by atoms with E-state index in [-0.39, 0.29) is 18.2 Å². The molecule has 3 nitrogen and oxygen atoms in total. The number of carbonyl (C=O) groups excluding carboxylic acids is 1. The number of rotatable bonds is 3. The van der Waals surface area contributed by atoms with Crippen molar-refractivity contribution >= 4 is 5.97 Å². The number of hydrogen-bond donors (Lipinski definition) is 0. The van der Waals surface area contributed by atoms with Gasteiger partial charge in [0.25, 0.3) is 0 Å². The second kappa shape index (κ2) is 4.66. The van der Waals surface area contributed by atoms with Gasteiger partial charge in [-0.3, -0.25) is 4.79 Å². The second-order valence-corrected chi connectivity index (χ2v) is 3.91. The van der Waals surface area contributed by atoms with Crippen LogP contribution in [0, 0.1) is 0 Å². The third-order valence-electron chi connectivity index (χ3n) is 2.81. The summed E-state index contributed by atoms with van der Waals surface area (Å²) in [6, 6.07) is 8.03. The van der Waals surface area contributed by atoms with Gasteiger partial charge in [0.2, 0.25) is 0 Å². The molecule has 2 rings (SSSR count). The van der Waals surface area contributed by atoms with Crippen LogP contribution in [0.5, 0.6) is 0 Å². The van der Waals surface area contributed by atoms with Gasteiger partial charge in [-0.25, -0.2) is 0 Å². The highest BCUT2D eigenvalue weighted by Crippen LogP contribution is 2.40. The van der Waals surface area contributed by atoms with Gasteiger partial charge in [-0.15, -0.1) is 0 Å². The highest BCUT2D eigenvalue weighted by Gasteiger charge is 2.30. The van der Waals surface area contributed by atoms with Crippen molar-refractivity contribution < 1.29 is 14.3 Å². The number of fused-ring (bicyclic) bond motifs is 1. The molecule has 2 atom stereocenters. The molecule has 0 fully saturated rings. The molecule has 1 aliphatic rings. The lowest BCUT2D eigenvalue weighted by atomic mass is 10.0. The lowest BCUT2D eigenvalue weighted by molar-refractivity contribution is -0.146. The predicted octanol–water partition coefficient (Wildman–Crippen LogP) is 2.77. The van der Waals surface area contributed by atoms with Crippen molar-refractivity contribution in [2.75, 3.05) is 6.61 Å². The molecule has 0 spiro atoms. The highest BCUT2D eigenvalue weighted by molar-refractivity contribution is 5.70. The monoisotopic (exact) mass is 220 g/mol. The zero-order chi connectivity index (χ0) is 11.5. The van der Waals surface area contributed by atoms with Crippen molar-refractivity contribution in [3.63, 3.8) is 0 Å². The van der Waals surface area contributed by atoms with E-state index in [0.717, 1.165) is 5.56 Å². The smallest absolute Gasteiger partial charge is 0.308 e. The van der Waals surface area contributed by atoms with Crippen LogP contribution in [0.3, 0.4) is 0 Å². The zero-order valence-electron chi connectivity index (χ0n) is 9.60. The summed E-state index contributed by atoms with van der Waals surface area (Å²) in [5.41, 5.74) is 2.29. The molecule has 0 aliphatic carbocycles. The Morgan fingerprint density at radius 3 is 2.75 bits per heavy atom. The Kier molecular flexibility index (Phi) is 3.25. The average molecular weight is 220 g/mol. The van der Waals surface area contributed by atoms with E-state index in [2.05, 4.69) is 0 Å². The van der Waals surface area contributed by atoms with E-state index in [4.69, 9.17) is 9.47 Å². The van der Waals surface area contributed by atoms with Gasteiger partial charge in [0, 0.05) is 0 Å². The molecular weight excluding hydrogens is 204 g/mol. The van der Waals surface area contributed by atoms with Crippen LogP contribution in [0.4, 0.5) is 0 Å². The molecule has 0 N–H and O–H groups in total. The number of ether oxygens (including phenoxy) is 2. The summed E-state index contributed by atoms with van der Waals surface area (Å²) in [6.45, 7) is 4.23. The summed E-state index contributed by atoms with van der Waals surface area (Å²) in [5, 5.41) is 0. The first-order chi connectivity index (χ1) is 7.72. The molecule has 16 heavy (non-hydrogen) atoms. The zero-order valence-corrected chi connectivity index (χ0v) is 9.60. The number of esters is 1. The maximum Gasteiger partial charge on any atom is 0.308 e. The third kappa shape index (κ3) is 2.09. The van der Waals surface area contributed by atoms with Crippen LogP contribution < -0.4 is 0 Å². The average Bonchev–Trinajstić information content (AvgIpc) is 2.57. The van der Waals surface area contributed by atoms with Crippen molar-refractivity contribution in [2.24, 2.45) is 0 Å². The first kappa shape index (κ1) is 11.1. The summed E-state index contributed by atoms with van der Waals surface area (Å²) in [5.74, 6) is -0.198.